The predicted molar refractivity (Wildman–Crippen MR) is 107 cm³/mol. The minimum Gasteiger partial charge on any atom is -0.361 e. The molecule has 0 radical (unpaired) electrons. The second-order valence-corrected chi connectivity index (χ2v) is 8.03. The lowest BCUT2D eigenvalue weighted by atomic mass is 9.93. The maximum atomic E-state index is 13.5. The Bertz CT molecular complexity index is 1000. The summed E-state index contributed by atoms with van der Waals surface area (Å²) < 4.78 is 13.5. The van der Waals surface area contributed by atoms with Crippen LogP contribution in [0.25, 0.3) is 10.9 Å². The minimum absolute atomic E-state index is 0.233. The van der Waals surface area contributed by atoms with Crippen molar-refractivity contribution in [3.05, 3.63) is 71.7 Å². The van der Waals surface area contributed by atoms with Crippen molar-refractivity contribution in [2.75, 3.05) is 26.2 Å². The van der Waals surface area contributed by atoms with E-state index in [-0.39, 0.29) is 11.7 Å². The number of aromatic nitrogens is 1. The van der Waals surface area contributed by atoms with E-state index in [1.54, 1.807) is 6.07 Å². The van der Waals surface area contributed by atoms with Crippen molar-refractivity contribution in [1.82, 2.24) is 14.8 Å². The summed E-state index contributed by atoms with van der Waals surface area (Å²) in [5, 5.41) is 0.968. The number of H-pyrrole nitrogens is 1. The number of fused-ring (bicyclic) bond motifs is 1. The molecule has 4 nitrogen and oxygen atoms in total. The summed E-state index contributed by atoms with van der Waals surface area (Å²) in [5.74, 6) is -0.0244. The maximum absolute atomic E-state index is 13.5. The number of benzene rings is 2. The van der Waals surface area contributed by atoms with E-state index in [2.05, 4.69) is 34.1 Å². The highest BCUT2D eigenvalue weighted by Gasteiger charge is 2.54. The molecular weight excluding hydrogens is 353 g/mol. The summed E-state index contributed by atoms with van der Waals surface area (Å²) in [6, 6.07) is 15.2. The third kappa shape index (κ3) is 3.00. The van der Waals surface area contributed by atoms with Gasteiger partial charge in [-0.15, -0.1) is 0 Å². The van der Waals surface area contributed by atoms with E-state index in [4.69, 9.17) is 0 Å². The fourth-order valence-corrected chi connectivity index (χ4v) is 4.47. The first-order chi connectivity index (χ1) is 13.7. The lowest BCUT2D eigenvalue weighted by Gasteiger charge is -2.36. The first-order valence-corrected chi connectivity index (χ1v) is 9.98. The van der Waals surface area contributed by atoms with Crippen LogP contribution in [0.5, 0.6) is 0 Å². The Labute approximate surface area is 163 Å². The van der Waals surface area contributed by atoms with Crippen molar-refractivity contribution in [3.63, 3.8) is 0 Å². The third-order valence-corrected chi connectivity index (χ3v) is 6.23. The van der Waals surface area contributed by atoms with Crippen LogP contribution in [-0.2, 0) is 16.8 Å². The summed E-state index contributed by atoms with van der Waals surface area (Å²) in [6.45, 7) is 4.27. The van der Waals surface area contributed by atoms with E-state index in [1.165, 1.54) is 17.7 Å². The molecule has 0 bridgehead atoms. The van der Waals surface area contributed by atoms with Gasteiger partial charge >= 0.3 is 0 Å². The molecule has 2 aromatic carbocycles. The van der Waals surface area contributed by atoms with Gasteiger partial charge in [0.1, 0.15) is 5.82 Å². The van der Waals surface area contributed by atoms with E-state index < -0.39 is 5.41 Å². The largest absolute Gasteiger partial charge is 0.361 e. The Balaban J connectivity index is 1.29. The Morgan fingerprint density at radius 2 is 1.79 bits per heavy atom. The molecule has 1 N–H and O–H groups in total. The molecule has 2 fully saturated rings. The normalized spacial score (nSPS) is 19.1. The monoisotopic (exact) mass is 377 g/mol. The SMILES string of the molecule is O=C(N1CCN(Cc2ccccc2)CC1)C1(c2c[nH]c3cc(F)ccc23)CC1. The van der Waals surface area contributed by atoms with Crippen LogP contribution in [0, 0.1) is 5.82 Å². The van der Waals surface area contributed by atoms with Crippen molar-refractivity contribution in [2.45, 2.75) is 24.8 Å². The second kappa shape index (κ2) is 6.74. The zero-order chi connectivity index (χ0) is 19.1. The van der Waals surface area contributed by atoms with E-state index in [0.717, 1.165) is 62.0 Å². The van der Waals surface area contributed by atoms with Crippen molar-refractivity contribution < 1.29 is 9.18 Å². The topological polar surface area (TPSA) is 39.3 Å². The van der Waals surface area contributed by atoms with Crippen LogP contribution in [0.4, 0.5) is 4.39 Å². The molecule has 1 aromatic heterocycles. The van der Waals surface area contributed by atoms with E-state index >= 15 is 0 Å². The summed E-state index contributed by atoms with van der Waals surface area (Å²) in [7, 11) is 0. The van der Waals surface area contributed by atoms with Gasteiger partial charge < -0.3 is 9.88 Å². The van der Waals surface area contributed by atoms with Gasteiger partial charge in [0.15, 0.2) is 0 Å². The van der Waals surface area contributed by atoms with Crippen LogP contribution in [0.1, 0.15) is 24.0 Å². The summed E-state index contributed by atoms with van der Waals surface area (Å²) in [5.41, 5.74) is 2.69. The summed E-state index contributed by atoms with van der Waals surface area (Å²) >= 11 is 0. The molecule has 28 heavy (non-hydrogen) atoms. The number of nitrogens with one attached hydrogen (secondary N) is 1. The Morgan fingerprint density at radius 3 is 2.50 bits per heavy atom. The minimum atomic E-state index is -0.419. The molecule has 1 amide bonds. The van der Waals surface area contributed by atoms with Crippen LogP contribution in [-0.4, -0.2) is 46.9 Å². The molecule has 1 aliphatic heterocycles. The molecule has 5 heteroatoms. The molecule has 3 aromatic rings. The number of amides is 1. The van der Waals surface area contributed by atoms with Crippen LogP contribution in [0.3, 0.4) is 0 Å². The van der Waals surface area contributed by atoms with Gasteiger partial charge in [-0.1, -0.05) is 30.3 Å². The first-order valence-electron chi connectivity index (χ1n) is 9.98. The quantitative estimate of drug-likeness (QED) is 0.753. The lowest BCUT2D eigenvalue weighted by Crippen LogP contribution is -2.51. The standard InChI is InChI=1S/C23H24FN3O/c24-18-6-7-19-20(15-25-21(19)14-18)23(8-9-23)22(28)27-12-10-26(11-13-27)16-17-4-2-1-3-5-17/h1-7,14-15,25H,8-13,16H2. The zero-order valence-electron chi connectivity index (χ0n) is 15.8. The number of hydrogen-bond acceptors (Lipinski definition) is 2. The van der Waals surface area contributed by atoms with Crippen LogP contribution < -0.4 is 0 Å². The number of rotatable bonds is 4. The number of hydrogen-bond donors (Lipinski definition) is 1. The number of carbonyl (C=O) groups excluding carboxylic acids is 1. The van der Waals surface area contributed by atoms with E-state index in [9.17, 15) is 9.18 Å². The Kier molecular flexibility index (Phi) is 4.20. The smallest absolute Gasteiger partial charge is 0.233 e. The van der Waals surface area contributed by atoms with E-state index in [1.807, 2.05) is 17.2 Å². The first kappa shape index (κ1) is 17.4. The van der Waals surface area contributed by atoms with E-state index in [0.29, 0.717) is 0 Å². The molecule has 2 aliphatic rings. The number of aromatic amines is 1. The van der Waals surface area contributed by atoms with Crippen molar-refractivity contribution in [1.29, 1.82) is 0 Å². The fourth-order valence-electron chi connectivity index (χ4n) is 4.47. The highest BCUT2D eigenvalue weighted by molar-refractivity contribution is 5.97. The van der Waals surface area contributed by atoms with Gasteiger partial charge in [0, 0.05) is 49.8 Å². The molecular formula is C23H24FN3O. The lowest BCUT2D eigenvalue weighted by molar-refractivity contribution is -0.135. The summed E-state index contributed by atoms with van der Waals surface area (Å²) in [4.78, 5) is 21.0. The Hall–Kier alpha value is -2.66. The van der Waals surface area contributed by atoms with Crippen molar-refractivity contribution >= 4 is 16.8 Å². The molecule has 0 spiro atoms. The van der Waals surface area contributed by atoms with Gasteiger partial charge in [-0.3, -0.25) is 9.69 Å². The maximum Gasteiger partial charge on any atom is 0.233 e. The molecule has 1 saturated carbocycles. The van der Waals surface area contributed by atoms with Gasteiger partial charge in [0.2, 0.25) is 5.91 Å². The molecule has 1 aliphatic carbocycles. The second-order valence-electron chi connectivity index (χ2n) is 8.03. The number of carbonyl (C=O) groups is 1. The average molecular weight is 377 g/mol. The highest BCUT2D eigenvalue weighted by atomic mass is 19.1. The van der Waals surface area contributed by atoms with Gasteiger partial charge in [-0.2, -0.15) is 0 Å². The predicted octanol–water partition coefficient (Wildman–Crippen LogP) is 3.68. The van der Waals surface area contributed by atoms with Crippen LogP contribution >= 0.6 is 0 Å². The molecule has 5 rings (SSSR count). The molecule has 0 unspecified atom stereocenters. The van der Waals surface area contributed by atoms with Crippen LogP contribution in [0.15, 0.2) is 54.7 Å². The molecule has 0 atom stereocenters. The third-order valence-electron chi connectivity index (χ3n) is 6.23. The fraction of sp³-hybridized carbons (Fsp3) is 0.348. The number of halogens is 1. The molecule has 144 valence electrons. The highest BCUT2D eigenvalue weighted by Crippen LogP contribution is 2.51. The van der Waals surface area contributed by atoms with Gasteiger partial charge in [0.25, 0.3) is 0 Å². The van der Waals surface area contributed by atoms with Gasteiger partial charge in [0.05, 0.1) is 5.41 Å². The Morgan fingerprint density at radius 1 is 1.04 bits per heavy atom. The average Bonchev–Trinajstić information content (AvgIpc) is 3.42. The molecule has 2 heterocycles. The van der Waals surface area contributed by atoms with Crippen molar-refractivity contribution in [2.24, 2.45) is 0 Å². The number of piperazine rings is 1. The van der Waals surface area contributed by atoms with Crippen molar-refractivity contribution in [3.8, 4) is 0 Å². The van der Waals surface area contributed by atoms with Gasteiger partial charge in [-0.05, 0) is 42.2 Å². The van der Waals surface area contributed by atoms with Crippen LogP contribution in [0.2, 0.25) is 0 Å². The zero-order valence-corrected chi connectivity index (χ0v) is 15.8. The summed E-state index contributed by atoms with van der Waals surface area (Å²) in [6.07, 6.45) is 3.65. The number of nitrogens with zero attached hydrogens (tertiary/aromatic N) is 2. The van der Waals surface area contributed by atoms with Gasteiger partial charge in [-0.25, -0.2) is 4.39 Å². The molecule has 1 saturated heterocycles.